The average molecular weight is 527 g/mol. The highest BCUT2D eigenvalue weighted by Gasteiger charge is 2.40. The number of amides is 5. The zero-order chi connectivity index (χ0) is 26.6. The van der Waals surface area contributed by atoms with E-state index >= 15 is 0 Å². The Morgan fingerprint density at radius 2 is 1.64 bits per heavy atom. The van der Waals surface area contributed by atoms with Gasteiger partial charge >= 0.3 is 18.0 Å². The number of nitrogens with one attached hydrogen (secondary N) is 4. The second kappa shape index (κ2) is 14.2. The van der Waals surface area contributed by atoms with Crippen molar-refractivity contribution >= 4 is 34.0 Å². The van der Waals surface area contributed by atoms with E-state index in [0.29, 0.717) is 25.9 Å². The van der Waals surface area contributed by atoms with Crippen LogP contribution in [-0.4, -0.2) is 80.0 Å². The Kier molecular flexibility index (Phi) is 11.4. The number of rotatable bonds is 14. The number of hydrogen-bond acceptors (Lipinski definition) is 6. The van der Waals surface area contributed by atoms with Gasteiger partial charge in [-0.1, -0.05) is 31.0 Å². The van der Waals surface area contributed by atoms with Crippen LogP contribution in [0.25, 0.3) is 0 Å². The Balaban J connectivity index is 1.78. The first kappa shape index (κ1) is 28.8. The van der Waals surface area contributed by atoms with E-state index in [2.05, 4.69) is 21.3 Å². The molecule has 5 amide bonds. The summed E-state index contributed by atoms with van der Waals surface area (Å²) in [6.45, 7) is 0.634. The van der Waals surface area contributed by atoms with E-state index in [1.54, 1.807) is 18.2 Å². The summed E-state index contributed by atoms with van der Waals surface area (Å²) in [7, 11) is -3.92. The second-order valence-corrected chi connectivity index (χ2v) is 10.2. The van der Waals surface area contributed by atoms with E-state index in [1.807, 2.05) is 0 Å². The van der Waals surface area contributed by atoms with Crippen molar-refractivity contribution in [3.63, 3.8) is 0 Å². The Morgan fingerprint density at radius 3 is 2.25 bits per heavy atom. The lowest BCUT2D eigenvalue weighted by Crippen LogP contribution is -2.54. The summed E-state index contributed by atoms with van der Waals surface area (Å²) in [6, 6.07) is 4.10. The fourth-order valence-electron chi connectivity index (χ4n) is 3.76. The van der Waals surface area contributed by atoms with Gasteiger partial charge in [0.2, 0.25) is 15.9 Å². The molecular weight excluding hydrogens is 492 g/mol. The zero-order valence-electron chi connectivity index (χ0n) is 19.9. The van der Waals surface area contributed by atoms with Gasteiger partial charge in [0, 0.05) is 19.6 Å². The molecule has 1 aliphatic heterocycles. The molecule has 0 saturated carbocycles. The van der Waals surface area contributed by atoms with Crippen LogP contribution in [0, 0.1) is 0 Å². The molecule has 0 spiro atoms. The third kappa shape index (κ3) is 9.00. The minimum atomic E-state index is -3.92. The van der Waals surface area contributed by atoms with Crippen molar-refractivity contribution in [2.24, 2.45) is 5.73 Å². The Morgan fingerprint density at radius 1 is 1.00 bits per heavy atom. The van der Waals surface area contributed by atoms with Crippen molar-refractivity contribution < 1.29 is 32.7 Å². The normalized spacial score (nSPS) is 16.6. The lowest BCUT2D eigenvalue weighted by atomic mass is 10.2. The molecule has 1 saturated heterocycles. The highest BCUT2D eigenvalue weighted by Crippen LogP contribution is 2.26. The van der Waals surface area contributed by atoms with E-state index in [0.717, 1.165) is 23.6 Å². The van der Waals surface area contributed by atoms with Gasteiger partial charge in [-0.25, -0.2) is 22.8 Å². The Bertz CT molecular complexity index is 1010. The van der Waals surface area contributed by atoms with Crippen molar-refractivity contribution in [2.45, 2.75) is 55.5 Å². The van der Waals surface area contributed by atoms with Crippen LogP contribution in [-0.2, 0) is 19.6 Å². The van der Waals surface area contributed by atoms with E-state index in [4.69, 9.17) is 5.73 Å². The highest BCUT2D eigenvalue weighted by molar-refractivity contribution is 7.89. The van der Waals surface area contributed by atoms with Gasteiger partial charge in [0.05, 0.1) is 11.4 Å². The van der Waals surface area contributed by atoms with Gasteiger partial charge in [0.15, 0.2) is 0 Å². The van der Waals surface area contributed by atoms with Crippen LogP contribution in [0.1, 0.15) is 38.5 Å². The van der Waals surface area contributed by atoms with Crippen LogP contribution < -0.4 is 27.0 Å². The smallest absolute Gasteiger partial charge is 0.328 e. The number of carboxylic acids is 1. The molecular formula is C22H34N6O7S. The number of primary amides is 1. The zero-order valence-corrected chi connectivity index (χ0v) is 20.8. The Hall–Kier alpha value is -3.39. The molecule has 0 radical (unpaired) electrons. The number of carboxylic acid groups (broad SMARTS) is 1. The molecule has 1 aromatic rings. The molecule has 14 heteroatoms. The first-order valence-electron chi connectivity index (χ1n) is 11.8. The molecule has 0 bridgehead atoms. The van der Waals surface area contributed by atoms with Gasteiger partial charge in [-0.15, -0.1) is 0 Å². The molecule has 0 aromatic heterocycles. The van der Waals surface area contributed by atoms with Crippen molar-refractivity contribution in [2.75, 3.05) is 26.2 Å². The van der Waals surface area contributed by atoms with Gasteiger partial charge in [-0.3, -0.25) is 4.79 Å². The number of nitrogens with zero attached hydrogens (tertiary/aromatic N) is 1. The maximum absolute atomic E-state index is 13.0. The minimum Gasteiger partial charge on any atom is -0.480 e. The van der Waals surface area contributed by atoms with Crippen LogP contribution in [0.5, 0.6) is 0 Å². The van der Waals surface area contributed by atoms with Gasteiger partial charge in [0.25, 0.3) is 0 Å². The highest BCUT2D eigenvalue weighted by atomic mass is 32.2. The van der Waals surface area contributed by atoms with Gasteiger partial charge in [-0.2, -0.15) is 4.31 Å². The average Bonchev–Trinajstić information content (AvgIpc) is 3.34. The summed E-state index contributed by atoms with van der Waals surface area (Å²) in [5.74, 6) is -2.09. The summed E-state index contributed by atoms with van der Waals surface area (Å²) >= 11 is 0. The molecule has 1 aromatic carbocycles. The quantitative estimate of drug-likeness (QED) is 0.182. The van der Waals surface area contributed by atoms with Crippen LogP contribution >= 0.6 is 0 Å². The van der Waals surface area contributed by atoms with Gasteiger partial charge in [0.1, 0.15) is 12.1 Å². The molecule has 36 heavy (non-hydrogen) atoms. The molecule has 2 rings (SSSR count). The minimum absolute atomic E-state index is 0.0557. The number of urea groups is 2. The summed E-state index contributed by atoms with van der Waals surface area (Å²) < 4.78 is 27.0. The van der Waals surface area contributed by atoms with E-state index in [9.17, 15) is 32.7 Å². The number of benzene rings is 1. The monoisotopic (exact) mass is 526 g/mol. The predicted octanol–water partition coefficient (Wildman–Crippen LogP) is -0.0630. The number of carbonyl (C=O) groups is 4. The summed E-state index contributed by atoms with van der Waals surface area (Å²) in [5.41, 5.74) is 4.97. The maximum atomic E-state index is 13.0. The number of nitrogens with two attached hydrogens (primary N) is 1. The van der Waals surface area contributed by atoms with Crippen LogP contribution in [0.2, 0.25) is 0 Å². The molecule has 0 unspecified atom stereocenters. The predicted molar refractivity (Wildman–Crippen MR) is 130 cm³/mol. The lowest BCUT2D eigenvalue weighted by molar-refractivity contribution is -0.142. The topological polar surface area (TPSA) is 200 Å². The number of hydrogen-bond donors (Lipinski definition) is 6. The SMILES string of the molecule is NC(=O)NCCCCCCNC(=O)NC[C@@H](NC(=O)[C@H]1CCCN1S(=O)(=O)c1ccccc1)C(=O)O. The number of unbranched alkanes of at least 4 members (excludes halogenated alkanes) is 3. The Labute approximate surface area is 210 Å². The van der Waals surface area contributed by atoms with Crippen molar-refractivity contribution in [3.05, 3.63) is 30.3 Å². The van der Waals surface area contributed by atoms with E-state index < -0.39 is 46.0 Å². The van der Waals surface area contributed by atoms with Crippen LogP contribution in [0.3, 0.4) is 0 Å². The fourth-order valence-corrected chi connectivity index (χ4v) is 5.44. The first-order chi connectivity index (χ1) is 17.1. The second-order valence-electron chi connectivity index (χ2n) is 8.33. The molecule has 200 valence electrons. The van der Waals surface area contributed by atoms with Crippen molar-refractivity contribution in [1.29, 1.82) is 0 Å². The number of aliphatic carboxylic acids is 1. The number of sulfonamides is 1. The van der Waals surface area contributed by atoms with Crippen molar-refractivity contribution in [3.8, 4) is 0 Å². The standard InChI is InChI=1S/C22H34N6O7S/c23-21(32)24-12-6-1-2-7-13-25-22(33)26-15-17(20(30)31)27-19(29)18-11-8-14-28(18)36(34,35)16-9-4-3-5-10-16/h3-5,9-10,17-18H,1-2,6-8,11-15H2,(H,27,29)(H,30,31)(H3,23,24,32)(H2,25,26,33)/t17-,18-/m1/s1. The van der Waals surface area contributed by atoms with Crippen LogP contribution in [0.15, 0.2) is 35.2 Å². The molecule has 7 N–H and O–H groups in total. The molecule has 1 fully saturated rings. The first-order valence-corrected chi connectivity index (χ1v) is 13.2. The molecule has 1 heterocycles. The maximum Gasteiger partial charge on any atom is 0.328 e. The van der Waals surface area contributed by atoms with Crippen LogP contribution in [0.4, 0.5) is 9.59 Å². The lowest BCUT2D eigenvalue weighted by Gasteiger charge is -2.25. The largest absolute Gasteiger partial charge is 0.480 e. The summed E-state index contributed by atoms with van der Waals surface area (Å²) in [6.07, 6.45) is 3.84. The summed E-state index contributed by atoms with van der Waals surface area (Å²) in [5, 5.41) is 19.3. The fraction of sp³-hybridized carbons (Fsp3) is 0.545. The van der Waals surface area contributed by atoms with Gasteiger partial charge < -0.3 is 32.1 Å². The number of carbonyl (C=O) groups excluding carboxylic acids is 3. The van der Waals surface area contributed by atoms with Gasteiger partial charge in [-0.05, 0) is 37.8 Å². The van der Waals surface area contributed by atoms with E-state index in [-0.39, 0.29) is 24.4 Å². The third-order valence-corrected chi connectivity index (χ3v) is 7.55. The summed E-state index contributed by atoms with van der Waals surface area (Å²) in [4.78, 5) is 47.1. The molecule has 2 atom stereocenters. The van der Waals surface area contributed by atoms with E-state index in [1.165, 1.54) is 12.1 Å². The van der Waals surface area contributed by atoms with Crippen molar-refractivity contribution in [1.82, 2.24) is 25.6 Å². The molecule has 1 aliphatic rings. The third-order valence-electron chi connectivity index (χ3n) is 5.63. The molecule has 0 aliphatic carbocycles. The molecule has 13 nitrogen and oxygen atoms in total.